The molecule has 5 rings (SSSR count). The molecular weight excluding hydrogens is 400 g/mol. The third-order valence-corrected chi connectivity index (χ3v) is 6.45. The summed E-state index contributed by atoms with van der Waals surface area (Å²) in [4.78, 5) is 19.4. The van der Waals surface area contributed by atoms with Crippen molar-refractivity contribution in [2.24, 2.45) is 17.8 Å². The number of piperidine rings is 1. The van der Waals surface area contributed by atoms with Crippen LogP contribution in [0.15, 0.2) is 43.4 Å². The first kappa shape index (κ1) is 19.2. The van der Waals surface area contributed by atoms with E-state index in [-0.39, 0.29) is 0 Å². The van der Waals surface area contributed by atoms with Crippen molar-refractivity contribution in [2.75, 3.05) is 29.9 Å². The van der Waals surface area contributed by atoms with Gasteiger partial charge in [0, 0.05) is 19.6 Å². The molecule has 0 bridgehead atoms. The summed E-state index contributed by atoms with van der Waals surface area (Å²) >= 11 is 5.89. The van der Waals surface area contributed by atoms with E-state index < -0.39 is 0 Å². The van der Waals surface area contributed by atoms with Crippen molar-refractivity contribution in [1.29, 1.82) is 0 Å². The Hall–Kier alpha value is -2.74. The lowest BCUT2D eigenvalue weighted by Gasteiger charge is -2.32. The molecule has 9 heteroatoms. The van der Waals surface area contributed by atoms with Gasteiger partial charge < -0.3 is 10.2 Å². The normalized spacial score (nSPS) is 21.6. The van der Waals surface area contributed by atoms with Gasteiger partial charge in [0.15, 0.2) is 5.82 Å². The lowest BCUT2D eigenvalue weighted by atomic mass is 9.90. The number of nitrogens with one attached hydrogen (secondary N) is 1. The van der Waals surface area contributed by atoms with Gasteiger partial charge in [0.1, 0.15) is 12.7 Å². The van der Waals surface area contributed by atoms with Gasteiger partial charge in [-0.2, -0.15) is 5.10 Å². The minimum Gasteiger partial charge on any atom is -0.384 e. The average Bonchev–Trinajstić information content (AvgIpc) is 3.34. The monoisotopic (exact) mass is 424 g/mol. The Balaban J connectivity index is 1.03. The molecule has 2 aliphatic rings. The maximum Gasteiger partial charge on any atom is 0.225 e. The fourth-order valence-corrected chi connectivity index (χ4v) is 4.63. The van der Waals surface area contributed by atoms with E-state index in [2.05, 4.69) is 35.3 Å². The molecule has 2 fully saturated rings. The zero-order valence-electron chi connectivity index (χ0n) is 16.7. The van der Waals surface area contributed by atoms with Gasteiger partial charge >= 0.3 is 0 Å². The molecule has 1 saturated heterocycles. The van der Waals surface area contributed by atoms with Gasteiger partial charge in [0.05, 0.1) is 29.3 Å². The van der Waals surface area contributed by atoms with E-state index >= 15 is 0 Å². The summed E-state index contributed by atoms with van der Waals surface area (Å²) in [6.07, 6.45) is 13.4. The number of aromatic nitrogens is 6. The van der Waals surface area contributed by atoms with Gasteiger partial charge in [-0.3, -0.25) is 0 Å². The summed E-state index contributed by atoms with van der Waals surface area (Å²) in [5.74, 6) is 4.15. The highest BCUT2D eigenvalue weighted by atomic mass is 35.5. The Kier molecular flexibility index (Phi) is 5.48. The van der Waals surface area contributed by atoms with E-state index in [9.17, 15) is 0 Å². The molecular formula is C21H25ClN8. The van der Waals surface area contributed by atoms with Crippen molar-refractivity contribution < 1.29 is 0 Å². The number of pyridine rings is 1. The van der Waals surface area contributed by atoms with Crippen LogP contribution in [0.25, 0.3) is 5.82 Å². The summed E-state index contributed by atoms with van der Waals surface area (Å²) in [5, 5.41) is 8.18. The second-order valence-electron chi connectivity index (χ2n) is 8.15. The van der Waals surface area contributed by atoms with Crippen LogP contribution < -0.4 is 10.2 Å². The molecule has 0 aromatic carbocycles. The van der Waals surface area contributed by atoms with Crippen LogP contribution in [-0.4, -0.2) is 49.4 Å². The number of anilines is 2. The highest BCUT2D eigenvalue weighted by Crippen LogP contribution is 2.49. The fraction of sp³-hybridized carbons (Fsp3) is 0.476. The predicted octanol–water partition coefficient (Wildman–Crippen LogP) is 3.46. The third kappa shape index (κ3) is 4.38. The fourth-order valence-electron chi connectivity index (χ4n) is 4.53. The highest BCUT2D eigenvalue weighted by Gasteiger charge is 2.43. The molecule has 1 aliphatic heterocycles. The third-order valence-electron chi connectivity index (χ3n) is 6.26. The molecule has 30 heavy (non-hydrogen) atoms. The molecule has 1 saturated carbocycles. The van der Waals surface area contributed by atoms with Crippen LogP contribution in [0, 0.1) is 17.8 Å². The van der Waals surface area contributed by atoms with E-state index in [0.717, 1.165) is 54.8 Å². The van der Waals surface area contributed by atoms with Gasteiger partial charge in [-0.15, -0.1) is 0 Å². The summed E-state index contributed by atoms with van der Waals surface area (Å²) in [7, 11) is 0. The van der Waals surface area contributed by atoms with Crippen LogP contribution in [0.3, 0.4) is 0 Å². The molecule has 3 aromatic rings. The Morgan fingerprint density at radius 3 is 2.60 bits per heavy atom. The van der Waals surface area contributed by atoms with Crippen LogP contribution in [0.5, 0.6) is 0 Å². The molecule has 1 aliphatic carbocycles. The van der Waals surface area contributed by atoms with Crippen LogP contribution in [0.4, 0.5) is 11.6 Å². The summed E-state index contributed by atoms with van der Waals surface area (Å²) in [6, 6.07) is 4.00. The van der Waals surface area contributed by atoms with Crippen LogP contribution in [0.2, 0.25) is 5.02 Å². The van der Waals surface area contributed by atoms with Crippen molar-refractivity contribution in [3.63, 3.8) is 0 Å². The summed E-state index contributed by atoms with van der Waals surface area (Å²) in [5.41, 5.74) is 1.05. The van der Waals surface area contributed by atoms with Crippen LogP contribution >= 0.6 is 11.6 Å². The van der Waals surface area contributed by atoms with Gasteiger partial charge in [-0.05, 0) is 55.6 Å². The van der Waals surface area contributed by atoms with Gasteiger partial charge in [-0.25, -0.2) is 24.6 Å². The maximum absolute atomic E-state index is 5.89. The highest BCUT2D eigenvalue weighted by molar-refractivity contribution is 6.30. The summed E-state index contributed by atoms with van der Waals surface area (Å²) in [6.45, 7) is 3.07. The topological polar surface area (TPSA) is 84.7 Å². The lowest BCUT2D eigenvalue weighted by Crippen LogP contribution is -2.35. The standard InChI is InChI=1S/C21H25ClN8/c22-17-10-26-21(27-11-17)29-7-4-15(5-8-29)19-9-16(19)3-6-24-18-1-2-20(25-12-18)30-14-23-13-28-30/h1-2,10-16,19,24H,3-9H2/t16-,19-/m1/s1. The second-order valence-corrected chi connectivity index (χ2v) is 8.58. The largest absolute Gasteiger partial charge is 0.384 e. The second kappa shape index (κ2) is 8.55. The smallest absolute Gasteiger partial charge is 0.225 e. The molecule has 4 heterocycles. The lowest BCUT2D eigenvalue weighted by molar-refractivity contribution is 0.343. The number of rotatable bonds is 7. The zero-order valence-corrected chi connectivity index (χ0v) is 17.5. The van der Waals surface area contributed by atoms with E-state index in [4.69, 9.17) is 11.6 Å². The van der Waals surface area contributed by atoms with Crippen molar-refractivity contribution in [2.45, 2.75) is 25.7 Å². The van der Waals surface area contributed by atoms with E-state index in [1.54, 1.807) is 23.4 Å². The molecule has 3 aromatic heterocycles. The first-order valence-electron chi connectivity index (χ1n) is 10.5. The van der Waals surface area contributed by atoms with Crippen molar-refractivity contribution >= 4 is 23.2 Å². The maximum atomic E-state index is 5.89. The van der Waals surface area contributed by atoms with E-state index in [1.807, 2.05) is 18.3 Å². The van der Waals surface area contributed by atoms with E-state index in [1.165, 1.54) is 32.0 Å². The molecule has 0 amide bonds. The van der Waals surface area contributed by atoms with Gasteiger partial charge in [-0.1, -0.05) is 11.6 Å². The van der Waals surface area contributed by atoms with Crippen molar-refractivity contribution in [3.05, 3.63) is 48.4 Å². The predicted molar refractivity (Wildman–Crippen MR) is 116 cm³/mol. The SMILES string of the molecule is Clc1cnc(N2CCC([C@H]3C[C@H]3CCNc3ccc(-n4cncn4)nc3)CC2)nc1. The molecule has 0 spiro atoms. The zero-order chi connectivity index (χ0) is 20.3. The number of hydrogen-bond donors (Lipinski definition) is 1. The molecule has 1 N–H and O–H groups in total. The quantitative estimate of drug-likeness (QED) is 0.621. The first-order valence-corrected chi connectivity index (χ1v) is 10.9. The molecule has 8 nitrogen and oxygen atoms in total. The van der Waals surface area contributed by atoms with Gasteiger partial charge in [0.25, 0.3) is 0 Å². The molecule has 0 unspecified atom stereocenters. The Morgan fingerprint density at radius 1 is 1.07 bits per heavy atom. The summed E-state index contributed by atoms with van der Waals surface area (Å²) < 4.78 is 1.66. The first-order chi connectivity index (χ1) is 14.8. The van der Waals surface area contributed by atoms with Crippen molar-refractivity contribution in [1.82, 2.24) is 29.7 Å². The number of halogens is 1. The Bertz CT molecular complexity index is 936. The van der Waals surface area contributed by atoms with E-state index in [0.29, 0.717) is 5.02 Å². The minimum atomic E-state index is 0.588. The minimum absolute atomic E-state index is 0.588. The molecule has 156 valence electrons. The van der Waals surface area contributed by atoms with Crippen molar-refractivity contribution in [3.8, 4) is 5.82 Å². The Morgan fingerprint density at radius 2 is 1.90 bits per heavy atom. The Labute approximate surface area is 180 Å². The average molecular weight is 425 g/mol. The number of nitrogens with zero attached hydrogens (tertiary/aromatic N) is 7. The molecule has 0 radical (unpaired) electrons. The van der Waals surface area contributed by atoms with Crippen LogP contribution in [0.1, 0.15) is 25.7 Å². The number of hydrogen-bond acceptors (Lipinski definition) is 7. The van der Waals surface area contributed by atoms with Gasteiger partial charge in [0.2, 0.25) is 5.95 Å². The van der Waals surface area contributed by atoms with Crippen LogP contribution in [-0.2, 0) is 0 Å². The molecule has 2 atom stereocenters.